The molecular weight excluding hydrogens is 238 g/mol. The summed E-state index contributed by atoms with van der Waals surface area (Å²) < 4.78 is 5.63. The Morgan fingerprint density at radius 1 is 1.26 bits per heavy atom. The Balaban J connectivity index is 1.89. The van der Waals surface area contributed by atoms with Crippen molar-refractivity contribution < 1.29 is 4.74 Å². The van der Waals surface area contributed by atoms with Crippen molar-refractivity contribution in [2.24, 2.45) is 5.73 Å². The molecular formula is C15H15N3O. The van der Waals surface area contributed by atoms with Crippen LogP contribution in [0.1, 0.15) is 11.3 Å². The summed E-state index contributed by atoms with van der Waals surface area (Å²) in [4.78, 5) is 8.32. The first-order valence-electron chi connectivity index (χ1n) is 6.05. The lowest BCUT2D eigenvalue weighted by molar-refractivity contribution is 0.319. The second kappa shape index (κ2) is 7.14. The molecule has 0 atom stereocenters. The van der Waals surface area contributed by atoms with Crippen LogP contribution in [0.3, 0.4) is 0 Å². The topological polar surface area (TPSA) is 61.0 Å². The van der Waals surface area contributed by atoms with Crippen molar-refractivity contribution in [3.05, 3.63) is 54.1 Å². The van der Waals surface area contributed by atoms with Gasteiger partial charge in [-0.15, -0.1) is 0 Å². The van der Waals surface area contributed by atoms with Gasteiger partial charge in [-0.05, 0) is 18.2 Å². The van der Waals surface area contributed by atoms with Crippen LogP contribution in [0.15, 0.2) is 42.9 Å². The fourth-order valence-corrected chi connectivity index (χ4v) is 1.54. The summed E-state index contributed by atoms with van der Waals surface area (Å²) >= 11 is 0. The summed E-state index contributed by atoms with van der Waals surface area (Å²) in [6, 6.07) is 7.69. The molecule has 0 fully saturated rings. The number of nitrogens with two attached hydrogens (primary N) is 1. The Morgan fingerprint density at radius 2 is 2.21 bits per heavy atom. The van der Waals surface area contributed by atoms with E-state index in [1.165, 1.54) is 0 Å². The highest BCUT2D eigenvalue weighted by atomic mass is 16.5. The van der Waals surface area contributed by atoms with Crippen LogP contribution < -0.4 is 10.5 Å². The van der Waals surface area contributed by atoms with Crippen LogP contribution in [0.5, 0.6) is 5.75 Å². The fraction of sp³-hybridized carbons (Fsp3) is 0.200. The zero-order valence-electron chi connectivity index (χ0n) is 10.5. The van der Waals surface area contributed by atoms with E-state index in [4.69, 9.17) is 10.5 Å². The number of hydrogen-bond donors (Lipinski definition) is 1. The highest BCUT2D eigenvalue weighted by Gasteiger charge is 1.97. The van der Waals surface area contributed by atoms with Crippen molar-refractivity contribution >= 4 is 0 Å². The van der Waals surface area contributed by atoms with Crippen LogP contribution >= 0.6 is 0 Å². The summed E-state index contributed by atoms with van der Waals surface area (Å²) in [6.45, 7) is 0.900. The molecule has 4 heteroatoms. The molecule has 0 aliphatic heterocycles. The maximum absolute atomic E-state index is 5.63. The summed E-state index contributed by atoms with van der Waals surface area (Å²) in [7, 11) is 0. The highest BCUT2D eigenvalue weighted by molar-refractivity contribution is 5.36. The van der Waals surface area contributed by atoms with Crippen LogP contribution in [-0.4, -0.2) is 23.1 Å². The van der Waals surface area contributed by atoms with Gasteiger partial charge in [0.2, 0.25) is 0 Å². The lowest BCUT2D eigenvalue weighted by Crippen LogP contribution is -2.03. The normalized spacial score (nSPS) is 9.53. The van der Waals surface area contributed by atoms with E-state index in [1.807, 2.05) is 24.3 Å². The summed E-state index contributed by atoms with van der Waals surface area (Å²) in [5.41, 5.74) is 7.14. The number of aromatic nitrogens is 2. The van der Waals surface area contributed by atoms with Crippen molar-refractivity contribution in [3.8, 4) is 17.6 Å². The first-order valence-corrected chi connectivity index (χ1v) is 6.05. The minimum Gasteiger partial charge on any atom is -0.492 e. The second-order valence-corrected chi connectivity index (χ2v) is 3.83. The average molecular weight is 253 g/mol. The van der Waals surface area contributed by atoms with Crippen LogP contribution in [0.2, 0.25) is 0 Å². The monoisotopic (exact) mass is 253 g/mol. The van der Waals surface area contributed by atoms with E-state index in [2.05, 4.69) is 21.8 Å². The van der Waals surface area contributed by atoms with E-state index in [9.17, 15) is 0 Å². The first kappa shape index (κ1) is 13.1. The number of nitrogens with zero attached hydrogens (tertiary/aromatic N) is 2. The van der Waals surface area contributed by atoms with Gasteiger partial charge in [0.1, 0.15) is 5.75 Å². The molecule has 96 valence electrons. The molecule has 0 saturated heterocycles. The van der Waals surface area contributed by atoms with E-state index >= 15 is 0 Å². The standard InChI is InChI=1S/C15H15N3O/c16-7-3-4-13-10-15(12-17-11-13)19-9-6-14-5-1-2-8-18-14/h1-2,5,8,10-12H,6-7,9,16H2. The van der Waals surface area contributed by atoms with Gasteiger partial charge in [-0.2, -0.15) is 0 Å². The third-order valence-corrected chi connectivity index (χ3v) is 2.40. The Bertz CT molecular complexity index is 573. The third-order valence-electron chi connectivity index (χ3n) is 2.40. The number of ether oxygens (including phenoxy) is 1. The molecule has 19 heavy (non-hydrogen) atoms. The number of hydrogen-bond acceptors (Lipinski definition) is 4. The Labute approximate surface area is 112 Å². The predicted octanol–water partition coefficient (Wildman–Crippen LogP) is 1.41. The van der Waals surface area contributed by atoms with Crippen molar-refractivity contribution in [2.75, 3.05) is 13.2 Å². The lowest BCUT2D eigenvalue weighted by Gasteiger charge is -2.05. The fourth-order valence-electron chi connectivity index (χ4n) is 1.54. The molecule has 0 bridgehead atoms. The maximum Gasteiger partial charge on any atom is 0.138 e. The zero-order valence-corrected chi connectivity index (χ0v) is 10.5. The molecule has 2 rings (SSSR count). The Hall–Kier alpha value is -2.38. The molecule has 0 spiro atoms. The van der Waals surface area contributed by atoms with E-state index in [0.29, 0.717) is 18.9 Å². The number of pyridine rings is 2. The first-order chi connectivity index (χ1) is 9.38. The molecule has 0 aliphatic carbocycles. The zero-order chi connectivity index (χ0) is 13.3. The van der Waals surface area contributed by atoms with Gasteiger partial charge in [0, 0.05) is 30.1 Å². The van der Waals surface area contributed by atoms with Gasteiger partial charge in [-0.3, -0.25) is 9.97 Å². The van der Waals surface area contributed by atoms with Gasteiger partial charge >= 0.3 is 0 Å². The van der Waals surface area contributed by atoms with Crippen molar-refractivity contribution in [1.29, 1.82) is 0 Å². The number of rotatable bonds is 4. The minimum absolute atomic E-state index is 0.338. The van der Waals surface area contributed by atoms with Crippen LogP contribution in [0.25, 0.3) is 0 Å². The predicted molar refractivity (Wildman–Crippen MR) is 73.6 cm³/mol. The van der Waals surface area contributed by atoms with E-state index in [0.717, 1.165) is 17.7 Å². The smallest absolute Gasteiger partial charge is 0.138 e. The quantitative estimate of drug-likeness (QED) is 0.837. The van der Waals surface area contributed by atoms with Gasteiger partial charge in [-0.25, -0.2) is 0 Å². The molecule has 4 nitrogen and oxygen atoms in total. The van der Waals surface area contributed by atoms with Crippen molar-refractivity contribution in [2.45, 2.75) is 6.42 Å². The molecule has 0 unspecified atom stereocenters. The lowest BCUT2D eigenvalue weighted by atomic mass is 10.2. The molecule has 0 radical (unpaired) electrons. The van der Waals surface area contributed by atoms with Crippen molar-refractivity contribution in [1.82, 2.24) is 9.97 Å². The van der Waals surface area contributed by atoms with Gasteiger partial charge in [0.15, 0.2) is 0 Å². The SMILES string of the molecule is NCC#Cc1cncc(OCCc2ccccn2)c1. The van der Waals surface area contributed by atoms with E-state index in [1.54, 1.807) is 18.6 Å². The van der Waals surface area contributed by atoms with Gasteiger partial charge < -0.3 is 10.5 Å². The average Bonchev–Trinajstić information content (AvgIpc) is 2.47. The summed E-state index contributed by atoms with van der Waals surface area (Å²) in [6.07, 6.45) is 5.90. The molecule has 2 aromatic rings. The van der Waals surface area contributed by atoms with Gasteiger partial charge in [0.25, 0.3) is 0 Å². The molecule has 2 heterocycles. The Morgan fingerprint density at radius 3 is 3.00 bits per heavy atom. The summed E-state index contributed by atoms with van der Waals surface area (Å²) in [5, 5.41) is 0. The molecule has 0 amide bonds. The molecule has 0 saturated carbocycles. The minimum atomic E-state index is 0.338. The third kappa shape index (κ3) is 4.41. The van der Waals surface area contributed by atoms with E-state index in [-0.39, 0.29) is 0 Å². The summed E-state index contributed by atoms with van der Waals surface area (Å²) in [5.74, 6) is 6.42. The molecule has 0 aliphatic rings. The van der Waals surface area contributed by atoms with E-state index < -0.39 is 0 Å². The molecule has 2 aromatic heterocycles. The highest BCUT2D eigenvalue weighted by Crippen LogP contribution is 2.10. The maximum atomic E-state index is 5.63. The molecule has 0 aromatic carbocycles. The largest absolute Gasteiger partial charge is 0.492 e. The van der Waals surface area contributed by atoms with Gasteiger partial charge in [0.05, 0.1) is 19.3 Å². The van der Waals surface area contributed by atoms with Crippen LogP contribution in [0, 0.1) is 11.8 Å². The Kier molecular flexibility index (Phi) is 4.91. The van der Waals surface area contributed by atoms with Crippen molar-refractivity contribution in [3.63, 3.8) is 0 Å². The second-order valence-electron chi connectivity index (χ2n) is 3.83. The molecule has 2 N–H and O–H groups in total. The van der Waals surface area contributed by atoms with Gasteiger partial charge in [-0.1, -0.05) is 17.9 Å². The van der Waals surface area contributed by atoms with Crippen LogP contribution in [0.4, 0.5) is 0 Å². The van der Waals surface area contributed by atoms with Crippen LogP contribution in [-0.2, 0) is 6.42 Å².